The molecule has 0 aliphatic heterocycles. The molecule has 2 aromatic rings. The molecule has 0 saturated carbocycles. The molecular weight excluding hydrogens is 358 g/mol. The number of nitrogens with one attached hydrogen (secondary N) is 1. The van der Waals surface area contributed by atoms with Gasteiger partial charge in [-0.2, -0.15) is 0 Å². The molecule has 1 aromatic carbocycles. The summed E-state index contributed by atoms with van der Waals surface area (Å²) in [6.07, 6.45) is 4.41. The van der Waals surface area contributed by atoms with Gasteiger partial charge < -0.3 is 0 Å². The fraction of sp³-hybridized carbons (Fsp3) is 0.154. The average Bonchev–Trinajstić information content (AvgIpc) is 2.37. The standard InChI is InChI=1S/C13H13Br2N3/c14-10-5-9(7-17-8-10)6-13(18-16)11-3-1-2-4-12(11)15/h1-5,7-8,13,18H,6,16H2. The molecule has 0 amide bonds. The maximum atomic E-state index is 5.66. The van der Waals surface area contributed by atoms with Gasteiger partial charge in [0.25, 0.3) is 0 Å². The lowest BCUT2D eigenvalue weighted by Gasteiger charge is -2.17. The Kier molecular flexibility index (Phi) is 4.88. The lowest BCUT2D eigenvalue weighted by atomic mass is 10.0. The van der Waals surface area contributed by atoms with E-state index in [1.54, 1.807) is 6.20 Å². The highest BCUT2D eigenvalue weighted by molar-refractivity contribution is 9.10. The van der Waals surface area contributed by atoms with E-state index in [4.69, 9.17) is 5.84 Å². The third-order valence-corrected chi connectivity index (χ3v) is 3.84. The zero-order valence-corrected chi connectivity index (χ0v) is 12.8. The van der Waals surface area contributed by atoms with Gasteiger partial charge in [-0.25, -0.2) is 0 Å². The second-order valence-corrected chi connectivity index (χ2v) is 5.73. The molecule has 0 radical (unpaired) electrons. The van der Waals surface area contributed by atoms with E-state index in [0.29, 0.717) is 0 Å². The Morgan fingerprint density at radius 1 is 1.22 bits per heavy atom. The highest BCUT2D eigenvalue weighted by Gasteiger charge is 2.13. The lowest BCUT2D eigenvalue weighted by Crippen LogP contribution is -2.29. The van der Waals surface area contributed by atoms with E-state index in [1.807, 2.05) is 30.5 Å². The predicted molar refractivity (Wildman–Crippen MR) is 79.8 cm³/mol. The minimum Gasteiger partial charge on any atom is -0.271 e. The number of pyridine rings is 1. The van der Waals surface area contributed by atoms with Crippen LogP contribution in [0.25, 0.3) is 0 Å². The van der Waals surface area contributed by atoms with Gasteiger partial charge in [0.2, 0.25) is 0 Å². The summed E-state index contributed by atoms with van der Waals surface area (Å²) >= 11 is 6.97. The number of hydrazine groups is 1. The van der Waals surface area contributed by atoms with Gasteiger partial charge in [0, 0.05) is 21.3 Å². The summed E-state index contributed by atoms with van der Waals surface area (Å²) < 4.78 is 2.03. The highest BCUT2D eigenvalue weighted by Crippen LogP contribution is 2.25. The molecule has 1 heterocycles. The molecule has 1 aromatic heterocycles. The van der Waals surface area contributed by atoms with Gasteiger partial charge in [-0.1, -0.05) is 34.1 Å². The molecule has 0 aliphatic carbocycles. The van der Waals surface area contributed by atoms with Gasteiger partial charge in [0.05, 0.1) is 6.04 Å². The molecule has 18 heavy (non-hydrogen) atoms. The first-order valence-electron chi connectivity index (χ1n) is 5.50. The molecule has 1 unspecified atom stereocenters. The van der Waals surface area contributed by atoms with Crippen LogP contribution in [0.5, 0.6) is 0 Å². The van der Waals surface area contributed by atoms with Crippen molar-refractivity contribution >= 4 is 31.9 Å². The summed E-state index contributed by atoms with van der Waals surface area (Å²) in [5.41, 5.74) is 5.12. The fourth-order valence-corrected chi connectivity index (χ4v) is 2.79. The summed E-state index contributed by atoms with van der Waals surface area (Å²) in [4.78, 5) is 4.16. The van der Waals surface area contributed by atoms with E-state index < -0.39 is 0 Å². The van der Waals surface area contributed by atoms with Crippen LogP contribution in [0.15, 0.2) is 51.7 Å². The van der Waals surface area contributed by atoms with Crippen LogP contribution < -0.4 is 11.3 Å². The van der Waals surface area contributed by atoms with E-state index in [9.17, 15) is 0 Å². The minimum atomic E-state index is 0.0525. The number of benzene rings is 1. The summed E-state index contributed by atoms with van der Waals surface area (Å²) in [6.45, 7) is 0. The van der Waals surface area contributed by atoms with E-state index in [-0.39, 0.29) is 6.04 Å². The summed E-state index contributed by atoms with van der Waals surface area (Å²) in [7, 11) is 0. The number of halogens is 2. The Labute approximate surface area is 123 Å². The number of hydrogen-bond acceptors (Lipinski definition) is 3. The first-order chi connectivity index (χ1) is 8.70. The van der Waals surface area contributed by atoms with Crippen LogP contribution in [-0.2, 0) is 6.42 Å². The van der Waals surface area contributed by atoms with Crippen LogP contribution in [0.1, 0.15) is 17.2 Å². The number of rotatable bonds is 4. The Morgan fingerprint density at radius 2 is 2.00 bits per heavy atom. The first kappa shape index (κ1) is 13.7. The number of nitrogens with zero attached hydrogens (tertiary/aromatic N) is 1. The SMILES string of the molecule is NNC(Cc1cncc(Br)c1)c1ccccc1Br. The maximum Gasteiger partial charge on any atom is 0.0512 e. The summed E-state index contributed by atoms with van der Waals surface area (Å²) in [6, 6.07) is 10.2. The molecule has 2 rings (SSSR count). The van der Waals surface area contributed by atoms with Crippen molar-refractivity contribution in [3.05, 3.63) is 62.8 Å². The first-order valence-corrected chi connectivity index (χ1v) is 7.09. The van der Waals surface area contributed by atoms with Gasteiger partial charge >= 0.3 is 0 Å². The van der Waals surface area contributed by atoms with Crippen molar-refractivity contribution in [2.24, 2.45) is 5.84 Å². The molecule has 94 valence electrons. The largest absolute Gasteiger partial charge is 0.271 e. The van der Waals surface area contributed by atoms with Gasteiger partial charge in [0.15, 0.2) is 0 Å². The maximum absolute atomic E-state index is 5.66. The van der Waals surface area contributed by atoms with Crippen molar-refractivity contribution in [1.82, 2.24) is 10.4 Å². The molecule has 0 bridgehead atoms. The van der Waals surface area contributed by atoms with E-state index >= 15 is 0 Å². The Balaban J connectivity index is 2.23. The minimum absolute atomic E-state index is 0.0525. The lowest BCUT2D eigenvalue weighted by molar-refractivity contribution is 0.549. The Bertz CT molecular complexity index is 531. The number of aromatic nitrogens is 1. The van der Waals surface area contributed by atoms with Crippen molar-refractivity contribution in [2.45, 2.75) is 12.5 Å². The van der Waals surface area contributed by atoms with Crippen LogP contribution in [0.2, 0.25) is 0 Å². The normalized spacial score (nSPS) is 12.4. The van der Waals surface area contributed by atoms with Crippen LogP contribution in [0, 0.1) is 0 Å². The summed E-state index contributed by atoms with van der Waals surface area (Å²) in [5, 5.41) is 0. The van der Waals surface area contributed by atoms with E-state index in [1.165, 1.54) is 0 Å². The fourth-order valence-electron chi connectivity index (χ4n) is 1.82. The Hall–Kier alpha value is -0.750. The van der Waals surface area contributed by atoms with Crippen LogP contribution >= 0.6 is 31.9 Å². The van der Waals surface area contributed by atoms with E-state index in [0.717, 1.165) is 26.5 Å². The van der Waals surface area contributed by atoms with Crippen LogP contribution in [0.3, 0.4) is 0 Å². The molecule has 0 aliphatic rings. The monoisotopic (exact) mass is 369 g/mol. The van der Waals surface area contributed by atoms with Crippen molar-refractivity contribution in [1.29, 1.82) is 0 Å². The molecule has 0 saturated heterocycles. The second kappa shape index (κ2) is 6.43. The van der Waals surface area contributed by atoms with Gasteiger partial charge in [-0.05, 0) is 45.6 Å². The van der Waals surface area contributed by atoms with Gasteiger partial charge in [-0.15, -0.1) is 0 Å². The smallest absolute Gasteiger partial charge is 0.0512 e. The predicted octanol–water partition coefficient (Wildman–Crippen LogP) is 3.35. The van der Waals surface area contributed by atoms with Crippen molar-refractivity contribution in [3.63, 3.8) is 0 Å². The molecule has 3 nitrogen and oxygen atoms in total. The number of nitrogens with two attached hydrogens (primary N) is 1. The zero-order chi connectivity index (χ0) is 13.0. The second-order valence-electron chi connectivity index (χ2n) is 3.96. The third-order valence-electron chi connectivity index (χ3n) is 2.68. The van der Waals surface area contributed by atoms with Crippen LogP contribution in [0.4, 0.5) is 0 Å². The topological polar surface area (TPSA) is 50.9 Å². The van der Waals surface area contributed by atoms with Crippen molar-refractivity contribution in [3.8, 4) is 0 Å². The molecule has 0 spiro atoms. The van der Waals surface area contributed by atoms with Gasteiger partial charge in [0.1, 0.15) is 0 Å². The van der Waals surface area contributed by atoms with Crippen LogP contribution in [-0.4, -0.2) is 4.98 Å². The third kappa shape index (κ3) is 3.38. The Morgan fingerprint density at radius 3 is 2.67 bits per heavy atom. The van der Waals surface area contributed by atoms with E-state index in [2.05, 4.69) is 48.3 Å². The van der Waals surface area contributed by atoms with Crippen molar-refractivity contribution < 1.29 is 0 Å². The van der Waals surface area contributed by atoms with Crippen molar-refractivity contribution in [2.75, 3.05) is 0 Å². The molecule has 5 heteroatoms. The molecule has 1 atom stereocenters. The zero-order valence-electron chi connectivity index (χ0n) is 9.61. The van der Waals surface area contributed by atoms with Gasteiger partial charge in [-0.3, -0.25) is 16.3 Å². The number of hydrogen-bond donors (Lipinski definition) is 2. The highest BCUT2D eigenvalue weighted by atomic mass is 79.9. The average molecular weight is 371 g/mol. The molecule has 3 N–H and O–H groups in total. The molecular formula is C13H13Br2N3. The molecule has 0 fully saturated rings. The quantitative estimate of drug-likeness (QED) is 0.640. The summed E-state index contributed by atoms with van der Waals surface area (Å²) in [5.74, 6) is 5.66.